The summed E-state index contributed by atoms with van der Waals surface area (Å²) in [6, 6.07) is 4.04. The molecule has 2 aromatic rings. The largest absolute Gasteiger partial charge is 0.392 e. The Morgan fingerprint density at radius 2 is 2.23 bits per heavy atom. The van der Waals surface area contributed by atoms with Crippen molar-refractivity contribution >= 4 is 34.1 Å². The third kappa shape index (κ3) is 1.37. The molecule has 0 aliphatic heterocycles. The third-order valence-corrected chi connectivity index (χ3v) is 3.74. The number of aryl methyl sites for hydroxylation is 1. The van der Waals surface area contributed by atoms with Crippen LogP contribution in [0.15, 0.2) is 22.4 Å². The molecule has 0 amide bonds. The minimum Gasteiger partial charge on any atom is -0.392 e. The van der Waals surface area contributed by atoms with Crippen LogP contribution in [0.2, 0.25) is 0 Å². The molecule has 0 saturated carbocycles. The molecular formula is C10H10OS2. The number of hydrogen-bond acceptors (Lipinski definition) is 3. The molecule has 2 rings (SSSR count). The topological polar surface area (TPSA) is 20.2 Å². The Morgan fingerprint density at radius 3 is 2.92 bits per heavy atom. The number of rotatable bonds is 1. The average Bonchev–Trinajstić information content (AvgIpc) is 2.56. The molecule has 1 aromatic heterocycles. The lowest BCUT2D eigenvalue weighted by Gasteiger charge is -2.00. The van der Waals surface area contributed by atoms with Crippen molar-refractivity contribution in [2.75, 3.05) is 0 Å². The summed E-state index contributed by atoms with van der Waals surface area (Å²) in [6.07, 6.45) is 0. The summed E-state index contributed by atoms with van der Waals surface area (Å²) in [6.45, 7) is 2.17. The Kier molecular flexibility index (Phi) is 2.32. The number of benzene rings is 1. The quantitative estimate of drug-likeness (QED) is 0.693. The minimum atomic E-state index is 0.109. The number of thiophene rings is 1. The van der Waals surface area contributed by atoms with Crippen LogP contribution in [0.25, 0.3) is 10.1 Å². The van der Waals surface area contributed by atoms with Crippen LogP contribution in [0.3, 0.4) is 0 Å². The first-order chi connectivity index (χ1) is 6.24. The Balaban J connectivity index is 2.87. The fourth-order valence-corrected chi connectivity index (χ4v) is 2.89. The summed E-state index contributed by atoms with van der Waals surface area (Å²) in [4.78, 5) is 0.991. The van der Waals surface area contributed by atoms with Crippen molar-refractivity contribution in [2.45, 2.75) is 18.4 Å². The summed E-state index contributed by atoms with van der Waals surface area (Å²) in [7, 11) is 0. The zero-order valence-electron chi connectivity index (χ0n) is 7.24. The first-order valence-electron chi connectivity index (χ1n) is 4.03. The Morgan fingerprint density at radius 1 is 1.46 bits per heavy atom. The summed E-state index contributed by atoms with van der Waals surface area (Å²) in [5.41, 5.74) is 2.21. The molecule has 0 spiro atoms. The third-order valence-electron chi connectivity index (χ3n) is 2.16. The fourth-order valence-electron chi connectivity index (χ4n) is 1.49. The number of aliphatic hydroxyl groups is 1. The van der Waals surface area contributed by atoms with E-state index in [-0.39, 0.29) is 6.61 Å². The first kappa shape index (κ1) is 9.06. The van der Waals surface area contributed by atoms with Gasteiger partial charge in [0.25, 0.3) is 0 Å². The lowest BCUT2D eigenvalue weighted by Crippen LogP contribution is -1.82. The fraction of sp³-hybridized carbons (Fsp3) is 0.200. The van der Waals surface area contributed by atoms with Crippen molar-refractivity contribution in [3.8, 4) is 0 Å². The van der Waals surface area contributed by atoms with E-state index < -0.39 is 0 Å². The van der Waals surface area contributed by atoms with Gasteiger partial charge in [0.15, 0.2) is 0 Å². The number of aliphatic hydroxyl groups excluding tert-OH is 1. The number of hydrogen-bond donors (Lipinski definition) is 2. The van der Waals surface area contributed by atoms with E-state index in [0.717, 1.165) is 10.5 Å². The molecule has 0 fully saturated rings. The number of thiol groups is 1. The van der Waals surface area contributed by atoms with Crippen LogP contribution >= 0.6 is 24.0 Å². The van der Waals surface area contributed by atoms with E-state index in [0.29, 0.717) is 0 Å². The molecule has 13 heavy (non-hydrogen) atoms. The van der Waals surface area contributed by atoms with Gasteiger partial charge < -0.3 is 5.11 Å². The van der Waals surface area contributed by atoms with Crippen molar-refractivity contribution in [2.24, 2.45) is 0 Å². The Hall–Kier alpha value is -0.510. The average molecular weight is 210 g/mol. The predicted molar refractivity (Wildman–Crippen MR) is 59.7 cm³/mol. The van der Waals surface area contributed by atoms with Gasteiger partial charge in [-0.2, -0.15) is 0 Å². The molecule has 1 heterocycles. The Labute approximate surface area is 86.4 Å². The molecule has 1 N–H and O–H groups in total. The zero-order chi connectivity index (χ0) is 9.42. The van der Waals surface area contributed by atoms with Crippen LogP contribution in [-0.4, -0.2) is 5.11 Å². The SMILES string of the molecule is Cc1ccc(S)c2scc(CO)c12. The van der Waals surface area contributed by atoms with Crippen LogP contribution < -0.4 is 0 Å². The van der Waals surface area contributed by atoms with Gasteiger partial charge in [-0.05, 0) is 29.5 Å². The highest BCUT2D eigenvalue weighted by Gasteiger charge is 2.07. The Bertz CT molecular complexity index is 445. The van der Waals surface area contributed by atoms with Gasteiger partial charge in [-0.1, -0.05) is 6.07 Å². The molecule has 0 atom stereocenters. The summed E-state index contributed by atoms with van der Waals surface area (Å²) in [5.74, 6) is 0. The van der Waals surface area contributed by atoms with Crippen LogP contribution in [0.4, 0.5) is 0 Å². The predicted octanol–water partition coefficient (Wildman–Crippen LogP) is 2.99. The molecule has 3 heteroatoms. The van der Waals surface area contributed by atoms with Crippen LogP contribution in [0.5, 0.6) is 0 Å². The van der Waals surface area contributed by atoms with Crippen molar-refractivity contribution in [3.05, 3.63) is 28.6 Å². The molecule has 0 aliphatic carbocycles. The smallest absolute Gasteiger partial charge is 0.0696 e. The van der Waals surface area contributed by atoms with Gasteiger partial charge in [-0.3, -0.25) is 0 Å². The van der Waals surface area contributed by atoms with E-state index in [4.69, 9.17) is 5.11 Å². The van der Waals surface area contributed by atoms with E-state index in [1.54, 1.807) is 11.3 Å². The molecule has 0 bridgehead atoms. The van der Waals surface area contributed by atoms with Gasteiger partial charge in [-0.15, -0.1) is 24.0 Å². The maximum Gasteiger partial charge on any atom is 0.0696 e. The highest BCUT2D eigenvalue weighted by Crippen LogP contribution is 2.33. The highest BCUT2D eigenvalue weighted by atomic mass is 32.1. The number of fused-ring (bicyclic) bond motifs is 1. The van der Waals surface area contributed by atoms with E-state index in [1.807, 2.05) is 17.5 Å². The normalized spacial score (nSPS) is 11.0. The summed E-state index contributed by atoms with van der Waals surface area (Å²) >= 11 is 6.02. The molecule has 68 valence electrons. The van der Waals surface area contributed by atoms with E-state index in [2.05, 4.69) is 19.6 Å². The van der Waals surface area contributed by atoms with Gasteiger partial charge in [0.1, 0.15) is 0 Å². The van der Waals surface area contributed by atoms with Crippen molar-refractivity contribution < 1.29 is 5.11 Å². The second-order valence-electron chi connectivity index (χ2n) is 3.02. The lowest BCUT2D eigenvalue weighted by molar-refractivity contribution is 0.283. The van der Waals surface area contributed by atoms with Gasteiger partial charge >= 0.3 is 0 Å². The second-order valence-corrected chi connectivity index (χ2v) is 4.39. The van der Waals surface area contributed by atoms with Crippen molar-refractivity contribution in [1.29, 1.82) is 0 Å². The second kappa shape index (κ2) is 3.33. The van der Waals surface area contributed by atoms with Crippen molar-refractivity contribution in [3.63, 3.8) is 0 Å². The lowest BCUT2D eigenvalue weighted by atomic mass is 10.1. The van der Waals surface area contributed by atoms with Gasteiger partial charge in [-0.25, -0.2) is 0 Å². The summed E-state index contributed by atoms with van der Waals surface area (Å²) in [5, 5.41) is 12.3. The molecule has 1 nitrogen and oxygen atoms in total. The molecule has 0 saturated heterocycles. The molecular weight excluding hydrogens is 200 g/mol. The van der Waals surface area contributed by atoms with Gasteiger partial charge in [0, 0.05) is 15.0 Å². The van der Waals surface area contributed by atoms with Crippen LogP contribution in [-0.2, 0) is 6.61 Å². The van der Waals surface area contributed by atoms with Crippen LogP contribution in [0.1, 0.15) is 11.1 Å². The molecule has 0 radical (unpaired) electrons. The molecule has 0 unspecified atom stereocenters. The zero-order valence-corrected chi connectivity index (χ0v) is 8.95. The van der Waals surface area contributed by atoms with E-state index >= 15 is 0 Å². The van der Waals surface area contributed by atoms with Gasteiger partial charge in [0.2, 0.25) is 0 Å². The molecule has 1 aromatic carbocycles. The van der Waals surface area contributed by atoms with E-state index in [1.165, 1.54) is 15.6 Å². The standard InChI is InChI=1S/C10H10OS2/c1-6-2-3-8(12)10-9(6)7(4-11)5-13-10/h2-3,5,11-12H,4H2,1H3. The highest BCUT2D eigenvalue weighted by molar-refractivity contribution is 7.80. The summed E-state index contributed by atoms with van der Waals surface area (Å²) < 4.78 is 1.17. The monoisotopic (exact) mass is 210 g/mol. The minimum absolute atomic E-state index is 0.109. The van der Waals surface area contributed by atoms with Crippen LogP contribution in [0, 0.1) is 6.92 Å². The van der Waals surface area contributed by atoms with E-state index in [9.17, 15) is 0 Å². The maximum absolute atomic E-state index is 9.12. The van der Waals surface area contributed by atoms with Gasteiger partial charge in [0.05, 0.1) is 6.61 Å². The van der Waals surface area contributed by atoms with Crippen molar-refractivity contribution in [1.82, 2.24) is 0 Å². The molecule has 0 aliphatic rings. The first-order valence-corrected chi connectivity index (χ1v) is 5.36. The maximum atomic E-state index is 9.12.